The zero-order valence-electron chi connectivity index (χ0n) is 10.9. The number of hydrogen-bond acceptors (Lipinski definition) is 1. The van der Waals surface area contributed by atoms with E-state index in [4.69, 9.17) is 5.11 Å². The standard InChI is InChI=1S/C16H24O/c1-2-3-4-5-6-7-8-9-10-15-11-13-16(17)14-12-15/h7-8,11-14,17H,2-6,9-10H2,1H3/b8-7+. The van der Waals surface area contributed by atoms with Crippen LogP contribution in [0, 0.1) is 0 Å². The molecule has 0 amide bonds. The van der Waals surface area contributed by atoms with Crippen molar-refractivity contribution >= 4 is 0 Å². The van der Waals surface area contributed by atoms with Crippen molar-refractivity contribution in [3.63, 3.8) is 0 Å². The maximum absolute atomic E-state index is 9.16. The molecule has 1 heteroatoms. The van der Waals surface area contributed by atoms with Crippen molar-refractivity contribution in [3.8, 4) is 5.75 Å². The van der Waals surface area contributed by atoms with E-state index < -0.39 is 0 Å². The first kappa shape index (κ1) is 13.8. The third-order valence-corrected chi connectivity index (χ3v) is 2.93. The van der Waals surface area contributed by atoms with Gasteiger partial charge in [-0.05, 0) is 43.4 Å². The van der Waals surface area contributed by atoms with Crippen molar-refractivity contribution in [2.45, 2.75) is 51.9 Å². The fourth-order valence-electron chi connectivity index (χ4n) is 1.84. The fourth-order valence-corrected chi connectivity index (χ4v) is 1.84. The van der Waals surface area contributed by atoms with Gasteiger partial charge in [0.2, 0.25) is 0 Å². The number of hydrogen-bond donors (Lipinski definition) is 1. The highest BCUT2D eigenvalue weighted by Gasteiger charge is 1.91. The number of phenolic OH excluding ortho intramolecular Hbond substituents is 1. The second-order valence-corrected chi connectivity index (χ2v) is 4.53. The minimum Gasteiger partial charge on any atom is -0.508 e. The average Bonchev–Trinajstić information content (AvgIpc) is 2.35. The number of phenols is 1. The Morgan fingerprint density at radius 3 is 2.35 bits per heavy atom. The summed E-state index contributed by atoms with van der Waals surface area (Å²) in [5.41, 5.74) is 1.29. The van der Waals surface area contributed by atoms with Gasteiger partial charge in [-0.25, -0.2) is 0 Å². The van der Waals surface area contributed by atoms with Gasteiger partial charge in [-0.2, -0.15) is 0 Å². The van der Waals surface area contributed by atoms with E-state index in [9.17, 15) is 0 Å². The Morgan fingerprint density at radius 1 is 0.941 bits per heavy atom. The third kappa shape index (κ3) is 6.83. The first-order valence-corrected chi connectivity index (χ1v) is 6.76. The molecule has 0 unspecified atom stereocenters. The highest BCUT2D eigenvalue weighted by molar-refractivity contribution is 5.26. The van der Waals surface area contributed by atoms with Gasteiger partial charge in [-0.15, -0.1) is 0 Å². The molecule has 0 bridgehead atoms. The summed E-state index contributed by atoms with van der Waals surface area (Å²) in [5.74, 6) is 0.347. The van der Waals surface area contributed by atoms with Crippen molar-refractivity contribution in [2.24, 2.45) is 0 Å². The van der Waals surface area contributed by atoms with E-state index in [1.807, 2.05) is 12.1 Å². The lowest BCUT2D eigenvalue weighted by atomic mass is 10.1. The predicted octanol–water partition coefficient (Wildman–Crippen LogP) is 4.85. The molecule has 0 saturated carbocycles. The van der Waals surface area contributed by atoms with Gasteiger partial charge in [-0.1, -0.05) is 50.5 Å². The molecule has 1 aromatic carbocycles. The van der Waals surface area contributed by atoms with Gasteiger partial charge in [0.1, 0.15) is 5.75 Å². The highest BCUT2D eigenvalue weighted by atomic mass is 16.3. The van der Waals surface area contributed by atoms with E-state index in [1.54, 1.807) is 12.1 Å². The summed E-state index contributed by atoms with van der Waals surface area (Å²) < 4.78 is 0. The molecule has 0 aliphatic carbocycles. The first-order valence-electron chi connectivity index (χ1n) is 6.76. The van der Waals surface area contributed by atoms with Crippen LogP contribution in [0.5, 0.6) is 5.75 Å². The smallest absolute Gasteiger partial charge is 0.115 e. The monoisotopic (exact) mass is 232 g/mol. The summed E-state index contributed by atoms with van der Waals surface area (Å²) >= 11 is 0. The minimum absolute atomic E-state index is 0.347. The van der Waals surface area contributed by atoms with Crippen molar-refractivity contribution in [1.82, 2.24) is 0 Å². The van der Waals surface area contributed by atoms with E-state index >= 15 is 0 Å². The van der Waals surface area contributed by atoms with Crippen LogP contribution in [-0.2, 0) is 6.42 Å². The van der Waals surface area contributed by atoms with Gasteiger partial charge in [0.05, 0.1) is 0 Å². The van der Waals surface area contributed by atoms with Gasteiger partial charge in [0, 0.05) is 0 Å². The predicted molar refractivity (Wildman–Crippen MR) is 74.3 cm³/mol. The second-order valence-electron chi connectivity index (χ2n) is 4.53. The number of aromatic hydroxyl groups is 1. The molecule has 1 nitrogen and oxygen atoms in total. The van der Waals surface area contributed by atoms with Gasteiger partial charge in [0.25, 0.3) is 0 Å². The summed E-state index contributed by atoms with van der Waals surface area (Å²) in [6, 6.07) is 7.49. The van der Waals surface area contributed by atoms with Gasteiger partial charge >= 0.3 is 0 Å². The normalized spacial score (nSPS) is 11.1. The molecule has 0 aliphatic rings. The Morgan fingerprint density at radius 2 is 1.65 bits per heavy atom. The molecule has 0 saturated heterocycles. The minimum atomic E-state index is 0.347. The first-order chi connectivity index (χ1) is 8.33. The number of allylic oxidation sites excluding steroid dienone is 2. The molecule has 94 valence electrons. The zero-order chi connectivity index (χ0) is 12.3. The third-order valence-electron chi connectivity index (χ3n) is 2.93. The van der Waals surface area contributed by atoms with Crippen LogP contribution in [0.2, 0.25) is 0 Å². The molecule has 0 aliphatic heterocycles. The Bertz CT molecular complexity index is 311. The van der Waals surface area contributed by atoms with E-state index in [1.165, 1.54) is 37.7 Å². The summed E-state index contributed by atoms with van der Waals surface area (Å²) in [6.07, 6.45) is 13.3. The van der Waals surface area contributed by atoms with Crippen LogP contribution >= 0.6 is 0 Å². The van der Waals surface area contributed by atoms with Gasteiger partial charge in [0.15, 0.2) is 0 Å². The maximum atomic E-state index is 9.16. The molecule has 1 rings (SSSR count). The van der Waals surface area contributed by atoms with E-state index in [0.29, 0.717) is 5.75 Å². The molecular weight excluding hydrogens is 208 g/mol. The SMILES string of the molecule is CCCCCC/C=C/CCc1ccc(O)cc1. The van der Waals surface area contributed by atoms with Crippen LogP contribution in [0.15, 0.2) is 36.4 Å². The van der Waals surface area contributed by atoms with Crippen molar-refractivity contribution in [3.05, 3.63) is 42.0 Å². The molecule has 0 heterocycles. The number of rotatable bonds is 8. The van der Waals surface area contributed by atoms with E-state index in [-0.39, 0.29) is 0 Å². The molecule has 0 radical (unpaired) electrons. The average molecular weight is 232 g/mol. The van der Waals surface area contributed by atoms with E-state index in [2.05, 4.69) is 19.1 Å². The molecular formula is C16H24O. The molecule has 1 aromatic rings. The molecule has 0 spiro atoms. The summed E-state index contributed by atoms with van der Waals surface area (Å²) in [7, 11) is 0. The number of unbranched alkanes of at least 4 members (excludes halogenated alkanes) is 4. The lowest BCUT2D eigenvalue weighted by molar-refractivity contribution is 0.475. The Labute approximate surface area is 105 Å². The zero-order valence-corrected chi connectivity index (χ0v) is 10.9. The molecule has 17 heavy (non-hydrogen) atoms. The van der Waals surface area contributed by atoms with Crippen LogP contribution in [-0.4, -0.2) is 5.11 Å². The van der Waals surface area contributed by atoms with E-state index in [0.717, 1.165) is 12.8 Å². The topological polar surface area (TPSA) is 20.2 Å². The number of benzene rings is 1. The Balaban J connectivity index is 2.07. The lowest BCUT2D eigenvalue weighted by Crippen LogP contribution is -1.82. The van der Waals surface area contributed by atoms with Crippen molar-refractivity contribution in [1.29, 1.82) is 0 Å². The summed E-state index contributed by atoms with van der Waals surface area (Å²) in [4.78, 5) is 0. The lowest BCUT2D eigenvalue weighted by Gasteiger charge is -1.98. The molecule has 0 aromatic heterocycles. The van der Waals surface area contributed by atoms with Crippen molar-refractivity contribution in [2.75, 3.05) is 0 Å². The summed E-state index contributed by atoms with van der Waals surface area (Å²) in [6.45, 7) is 2.24. The Hall–Kier alpha value is -1.24. The molecule has 0 fully saturated rings. The second kappa shape index (κ2) is 8.86. The number of aryl methyl sites for hydroxylation is 1. The van der Waals surface area contributed by atoms with Crippen molar-refractivity contribution < 1.29 is 5.11 Å². The Kier molecular flexibility index (Phi) is 7.20. The quantitative estimate of drug-likeness (QED) is 0.501. The van der Waals surface area contributed by atoms with Crippen LogP contribution in [0.1, 0.15) is 51.0 Å². The van der Waals surface area contributed by atoms with Crippen LogP contribution in [0.4, 0.5) is 0 Å². The summed E-state index contributed by atoms with van der Waals surface area (Å²) in [5, 5.41) is 9.16. The van der Waals surface area contributed by atoms with Crippen LogP contribution < -0.4 is 0 Å². The largest absolute Gasteiger partial charge is 0.508 e. The van der Waals surface area contributed by atoms with Gasteiger partial charge in [-0.3, -0.25) is 0 Å². The van der Waals surface area contributed by atoms with Crippen LogP contribution in [0.25, 0.3) is 0 Å². The fraction of sp³-hybridized carbons (Fsp3) is 0.500. The highest BCUT2D eigenvalue weighted by Crippen LogP contribution is 2.11. The molecule has 1 N–H and O–H groups in total. The maximum Gasteiger partial charge on any atom is 0.115 e. The van der Waals surface area contributed by atoms with Crippen LogP contribution in [0.3, 0.4) is 0 Å². The van der Waals surface area contributed by atoms with Gasteiger partial charge < -0.3 is 5.11 Å². The molecule has 0 atom stereocenters.